The molecule has 1 aliphatic heterocycles. The third-order valence-electron chi connectivity index (χ3n) is 5.03. The Hall–Kier alpha value is -2.07. The third-order valence-corrected chi connectivity index (χ3v) is 5.03. The van der Waals surface area contributed by atoms with E-state index in [2.05, 4.69) is 11.0 Å². The number of rotatable bonds is 6. The molecule has 0 aromatic heterocycles. The molecule has 0 saturated carbocycles. The standard InChI is InChI=1S/C21H27NO3/c1-16(21(23)25-13-12-22-10-4-3-5-11-22)17-6-7-19-15-20(24-2)9-8-18(19)14-17/h6-9,14-16H,3-5,10-13H2,1-2H3. The summed E-state index contributed by atoms with van der Waals surface area (Å²) >= 11 is 0. The molecule has 1 saturated heterocycles. The highest BCUT2D eigenvalue weighted by molar-refractivity contribution is 5.86. The molecule has 2 aromatic carbocycles. The van der Waals surface area contributed by atoms with E-state index in [-0.39, 0.29) is 11.9 Å². The van der Waals surface area contributed by atoms with Gasteiger partial charge < -0.3 is 9.47 Å². The number of likely N-dealkylation sites (tertiary alicyclic amines) is 1. The Morgan fingerprint density at radius 2 is 1.80 bits per heavy atom. The Morgan fingerprint density at radius 3 is 2.56 bits per heavy atom. The van der Waals surface area contributed by atoms with Crippen LogP contribution in [-0.4, -0.2) is 44.2 Å². The Labute approximate surface area is 149 Å². The van der Waals surface area contributed by atoms with Crippen LogP contribution in [0.3, 0.4) is 0 Å². The molecule has 0 spiro atoms. The van der Waals surface area contributed by atoms with Gasteiger partial charge in [0.1, 0.15) is 12.4 Å². The van der Waals surface area contributed by atoms with Crippen LogP contribution in [0.2, 0.25) is 0 Å². The molecule has 134 valence electrons. The van der Waals surface area contributed by atoms with Crippen molar-refractivity contribution >= 4 is 16.7 Å². The summed E-state index contributed by atoms with van der Waals surface area (Å²) in [5, 5.41) is 2.21. The highest BCUT2D eigenvalue weighted by Crippen LogP contribution is 2.25. The summed E-state index contributed by atoms with van der Waals surface area (Å²) in [6.45, 7) is 5.49. The zero-order valence-corrected chi connectivity index (χ0v) is 15.2. The first-order valence-electron chi connectivity index (χ1n) is 9.14. The van der Waals surface area contributed by atoms with Crippen LogP contribution in [0, 0.1) is 0 Å². The molecular formula is C21H27NO3. The molecule has 0 aliphatic carbocycles. The number of hydrogen-bond donors (Lipinski definition) is 0. The Balaban J connectivity index is 1.58. The number of carbonyl (C=O) groups excluding carboxylic acids is 1. The molecule has 2 aromatic rings. The molecule has 4 heteroatoms. The van der Waals surface area contributed by atoms with Crippen molar-refractivity contribution in [3.8, 4) is 5.75 Å². The monoisotopic (exact) mass is 341 g/mol. The topological polar surface area (TPSA) is 38.8 Å². The maximum absolute atomic E-state index is 12.4. The molecule has 1 fully saturated rings. The quantitative estimate of drug-likeness (QED) is 0.745. The molecule has 1 atom stereocenters. The van der Waals surface area contributed by atoms with Gasteiger partial charge in [-0.05, 0) is 61.3 Å². The second-order valence-corrected chi connectivity index (χ2v) is 6.76. The average molecular weight is 341 g/mol. The maximum atomic E-state index is 12.4. The van der Waals surface area contributed by atoms with Gasteiger partial charge in [0, 0.05) is 6.54 Å². The van der Waals surface area contributed by atoms with Crippen molar-refractivity contribution < 1.29 is 14.3 Å². The summed E-state index contributed by atoms with van der Waals surface area (Å²) in [7, 11) is 1.66. The lowest BCUT2D eigenvalue weighted by atomic mass is 9.98. The highest BCUT2D eigenvalue weighted by Gasteiger charge is 2.18. The van der Waals surface area contributed by atoms with E-state index in [9.17, 15) is 4.79 Å². The lowest BCUT2D eigenvalue weighted by molar-refractivity contribution is -0.145. The first-order valence-corrected chi connectivity index (χ1v) is 9.14. The van der Waals surface area contributed by atoms with Crippen molar-refractivity contribution in [2.75, 3.05) is 33.4 Å². The first kappa shape index (κ1) is 17.7. The number of piperidine rings is 1. The molecule has 1 heterocycles. The minimum Gasteiger partial charge on any atom is -0.497 e. The van der Waals surface area contributed by atoms with Crippen molar-refractivity contribution in [3.05, 3.63) is 42.0 Å². The van der Waals surface area contributed by atoms with Crippen molar-refractivity contribution in [1.29, 1.82) is 0 Å². The predicted molar refractivity (Wildman–Crippen MR) is 100 cm³/mol. The number of fused-ring (bicyclic) bond motifs is 1. The Bertz CT molecular complexity index is 722. The number of esters is 1. The average Bonchev–Trinajstić information content (AvgIpc) is 2.67. The van der Waals surface area contributed by atoms with Gasteiger partial charge in [0.25, 0.3) is 0 Å². The smallest absolute Gasteiger partial charge is 0.313 e. The second-order valence-electron chi connectivity index (χ2n) is 6.76. The van der Waals surface area contributed by atoms with Crippen LogP contribution in [0.25, 0.3) is 10.8 Å². The minimum absolute atomic E-state index is 0.148. The minimum atomic E-state index is -0.257. The lowest BCUT2D eigenvalue weighted by Gasteiger charge is -2.26. The Kier molecular flexibility index (Phi) is 5.92. The molecule has 0 amide bonds. The molecule has 0 N–H and O–H groups in total. The van der Waals surface area contributed by atoms with E-state index in [1.165, 1.54) is 19.3 Å². The maximum Gasteiger partial charge on any atom is 0.313 e. The summed E-state index contributed by atoms with van der Waals surface area (Å²) in [5.41, 5.74) is 0.987. The molecule has 0 bridgehead atoms. The largest absolute Gasteiger partial charge is 0.497 e. The summed E-state index contributed by atoms with van der Waals surface area (Å²) in [6.07, 6.45) is 3.83. The number of carbonyl (C=O) groups is 1. The van der Waals surface area contributed by atoms with Crippen LogP contribution in [0.1, 0.15) is 37.7 Å². The fourth-order valence-electron chi connectivity index (χ4n) is 3.36. The summed E-state index contributed by atoms with van der Waals surface area (Å²) in [5.74, 6) is 0.433. The van der Waals surface area contributed by atoms with Crippen LogP contribution < -0.4 is 4.74 Å². The van der Waals surface area contributed by atoms with Crippen LogP contribution >= 0.6 is 0 Å². The van der Waals surface area contributed by atoms with E-state index in [0.29, 0.717) is 6.61 Å². The van der Waals surface area contributed by atoms with Gasteiger partial charge in [-0.1, -0.05) is 30.7 Å². The van der Waals surface area contributed by atoms with Crippen LogP contribution in [-0.2, 0) is 9.53 Å². The van der Waals surface area contributed by atoms with Gasteiger partial charge >= 0.3 is 5.97 Å². The molecule has 1 aliphatic rings. The number of hydrogen-bond acceptors (Lipinski definition) is 4. The summed E-state index contributed by atoms with van der Waals surface area (Å²) < 4.78 is 10.8. The fourth-order valence-corrected chi connectivity index (χ4v) is 3.36. The van der Waals surface area contributed by atoms with Gasteiger partial charge in [0.05, 0.1) is 13.0 Å². The fraction of sp³-hybridized carbons (Fsp3) is 0.476. The van der Waals surface area contributed by atoms with Gasteiger partial charge in [0.2, 0.25) is 0 Å². The van der Waals surface area contributed by atoms with E-state index in [1.807, 2.05) is 37.3 Å². The molecule has 1 unspecified atom stereocenters. The number of ether oxygens (including phenoxy) is 2. The SMILES string of the molecule is COc1ccc2cc(C(C)C(=O)OCCN3CCCCC3)ccc2c1. The molecular weight excluding hydrogens is 314 g/mol. The van der Waals surface area contributed by atoms with Gasteiger partial charge in [-0.15, -0.1) is 0 Å². The van der Waals surface area contributed by atoms with E-state index < -0.39 is 0 Å². The summed E-state index contributed by atoms with van der Waals surface area (Å²) in [6, 6.07) is 12.1. The van der Waals surface area contributed by atoms with Crippen molar-refractivity contribution in [2.24, 2.45) is 0 Å². The van der Waals surface area contributed by atoms with Gasteiger partial charge in [-0.3, -0.25) is 9.69 Å². The van der Waals surface area contributed by atoms with Gasteiger partial charge in [0.15, 0.2) is 0 Å². The van der Waals surface area contributed by atoms with E-state index >= 15 is 0 Å². The van der Waals surface area contributed by atoms with E-state index in [1.54, 1.807) is 7.11 Å². The molecule has 4 nitrogen and oxygen atoms in total. The molecule has 0 radical (unpaired) electrons. The predicted octanol–water partition coefficient (Wildman–Crippen LogP) is 3.98. The molecule has 25 heavy (non-hydrogen) atoms. The third kappa shape index (κ3) is 4.51. The zero-order chi connectivity index (χ0) is 17.6. The zero-order valence-electron chi connectivity index (χ0n) is 15.2. The van der Waals surface area contributed by atoms with Crippen LogP contribution in [0.15, 0.2) is 36.4 Å². The number of methoxy groups -OCH3 is 1. The highest BCUT2D eigenvalue weighted by atomic mass is 16.5. The normalized spacial score (nSPS) is 16.6. The molecule has 3 rings (SSSR count). The number of benzene rings is 2. The summed E-state index contributed by atoms with van der Waals surface area (Å²) in [4.78, 5) is 14.7. The van der Waals surface area contributed by atoms with Crippen molar-refractivity contribution in [1.82, 2.24) is 4.90 Å². The van der Waals surface area contributed by atoms with Crippen molar-refractivity contribution in [3.63, 3.8) is 0 Å². The van der Waals surface area contributed by atoms with Gasteiger partial charge in [-0.2, -0.15) is 0 Å². The first-order chi connectivity index (χ1) is 12.2. The van der Waals surface area contributed by atoms with E-state index in [4.69, 9.17) is 9.47 Å². The second kappa shape index (κ2) is 8.34. The van der Waals surface area contributed by atoms with Crippen LogP contribution in [0.4, 0.5) is 0 Å². The van der Waals surface area contributed by atoms with Crippen LogP contribution in [0.5, 0.6) is 5.75 Å². The van der Waals surface area contributed by atoms with Gasteiger partial charge in [-0.25, -0.2) is 0 Å². The Morgan fingerprint density at radius 1 is 1.08 bits per heavy atom. The van der Waals surface area contributed by atoms with E-state index in [0.717, 1.165) is 41.7 Å². The number of nitrogens with zero attached hydrogens (tertiary/aromatic N) is 1. The lowest BCUT2D eigenvalue weighted by Crippen LogP contribution is -2.33. The van der Waals surface area contributed by atoms with Crippen molar-refractivity contribution in [2.45, 2.75) is 32.1 Å².